The molecular formula is C12H20ClN3O. The minimum atomic E-state index is 0.412. The van der Waals surface area contributed by atoms with Gasteiger partial charge in [0.05, 0.1) is 19.3 Å². The molecule has 5 heteroatoms. The normalized spacial score (nSPS) is 18.6. The van der Waals surface area contributed by atoms with Gasteiger partial charge in [-0.15, -0.1) is 11.6 Å². The summed E-state index contributed by atoms with van der Waals surface area (Å²) in [6.07, 6.45) is 6.49. The van der Waals surface area contributed by atoms with Crippen molar-refractivity contribution < 1.29 is 4.74 Å². The Bertz CT molecular complexity index is 297. The third kappa shape index (κ3) is 4.30. The summed E-state index contributed by atoms with van der Waals surface area (Å²) < 4.78 is 7.64. The highest BCUT2D eigenvalue weighted by Crippen LogP contribution is 2.13. The average molecular weight is 258 g/mol. The summed E-state index contributed by atoms with van der Waals surface area (Å²) >= 11 is 5.61. The van der Waals surface area contributed by atoms with E-state index in [1.807, 2.05) is 23.1 Å². The smallest absolute Gasteiger partial charge is 0.0605 e. The molecule has 0 N–H and O–H groups in total. The fourth-order valence-corrected chi connectivity index (χ4v) is 2.28. The maximum atomic E-state index is 5.65. The lowest BCUT2D eigenvalue weighted by atomic mass is 10.1. The molecule has 17 heavy (non-hydrogen) atoms. The molecule has 1 aromatic heterocycles. The van der Waals surface area contributed by atoms with Crippen molar-refractivity contribution in [1.82, 2.24) is 14.7 Å². The molecule has 1 fully saturated rings. The SMILES string of the molecule is ClCCOC1CCN(CCn2cccn2)CC1. The number of halogens is 1. The van der Waals surface area contributed by atoms with Crippen LogP contribution in [0.5, 0.6) is 0 Å². The molecule has 2 rings (SSSR count). The van der Waals surface area contributed by atoms with Crippen LogP contribution in [0.2, 0.25) is 0 Å². The number of alkyl halides is 1. The van der Waals surface area contributed by atoms with Crippen molar-refractivity contribution >= 4 is 11.6 Å². The number of hydrogen-bond acceptors (Lipinski definition) is 3. The Labute approximate surface area is 107 Å². The minimum Gasteiger partial charge on any atom is -0.377 e. The molecule has 1 saturated heterocycles. The van der Waals surface area contributed by atoms with E-state index >= 15 is 0 Å². The quantitative estimate of drug-likeness (QED) is 0.726. The van der Waals surface area contributed by atoms with Gasteiger partial charge in [-0.3, -0.25) is 4.68 Å². The first-order valence-corrected chi connectivity index (χ1v) is 6.79. The summed E-state index contributed by atoms with van der Waals surface area (Å²) in [5.41, 5.74) is 0. The fourth-order valence-electron chi connectivity index (χ4n) is 2.19. The first kappa shape index (κ1) is 12.9. The third-order valence-electron chi connectivity index (χ3n) is 3.17. The lowest BCUT2D eigenvalue weighted by Gasteiger charge is -2.31. The second-order valence-electron chi connectivity index (χ2n) is 4.37. The molecule has 0 unspecified atom stereocenters. The lowest BCUT2D eigenvalue weighted by Crippen LogP contribution is -2.38. The Balaban J connectivity index is 1.62. The Morgan fingerprint density at radius 3 is 2.76 bits per heavy atom. The number of ether oxygens (including phenoxy) is 1. The summed E-state index contributed by atoms with van der Waals surface area (Å²) in [4.78, 5) is 2.47. The van der Waals surface area contributed by atoms with Crippen LogP contribution in [0.15, 0.2) is 18.5 Å². The molecule has 1 aromatic rings. The highest BCUT2D eigenvalue weighted by molar-refractivity contribution is 6.17. The van der Waals surface area contributed by atoms with Crippen LogP contribution >= 0.6 is 11.6 Å². The molecule has 2 heterocycles. The van der Waals surface area contributed by atoms with E-state index in [2.05, 4.69) is 10.00 Å². The molecular weight excluding hydrogens is 238 g/mol. The Hall–Kier alpha value is -0.580. The van der Waals surface area contributed by atoms with Crippen molar-refractivity contribution in [2.75, 3.05) is 32.1 Å². The van der Waals surface area contributed by atoms with E-state index in [1.165, 1.54) is 0 Å². The second-order valence-corrected chi connectivity index (χ2v) is 4.75. The van der Waals surface area contributed by atoms with E-state index in [1.54, 1.807) is 0 Å². The average Bonchev–Trinajstić information content (AvgIpc) is 2.88. The van der Waals surface area contributed by atoms with E-state index in [0.717, 1.165) is 39.0 Å². The van der Waals surface area contributed by atoms with Gasteiger partial charge in [-0.2, -0.15) is 5.10 Å². The molecule has 4 nitrogen and oxygen atoms in total. The maximum Gasteiger partial charge on any atom is 0.0605 e. The lowest BCUT2D eigenvalue weighted by molar-refractivity contribution is 0.0144. The van der Waals surface area contributed by atoms with E-state index in [0.29, 0.717) is 18.6 Å². The molecule has 0 amide bonds. The van der Waals surface area contributed by atoms with E-state index in [-0.39, 0.29) is 0 Å². The first-order valence-electron chi connectivity index (χ1n) is 6.26. The summed E-state index contributed by atoms with van der Waals surface area (Å²) in [7, 11) is 0. The molecule has 0 atom stereocenters. The molecule has 0 spiro atoms. The molecule has 0 aliphatic carbocycles. The van der Waals surface area contributed by atoms with Gasteiger partial charge in [0.1, 0.15) is 0 Å². The van der Waals surface area contributed by atoms with Gasteiger partial charge < -0.3 is 9.64 Å². The zero-order valence-corrected chi connectivity index (χ0v) is 10.9. The summed E-state index contributed by atoms with van der Waals surface area (Å²) in [5, 5.41) is 4.21. The van der Waals surface area contributed by atoms with Crippen LogP contribution in [0.3, 0.4) is 0 Å². The van der Waals surface area contributed by atoms with E-state index in [4.69, 9.17) is 16.3 Å². The molecule has 0 radical (unpaired) electrons. The molecule has 96 valence electrons. The Morgan fingerprint density at radius 2 is 2.12 bits per heavy atom. The predicted octanol–water partition coefficient (Wildman–Crippen LogP) is 1.60. The van der Waals surface area contributed by atoms with Gasteiger partial charge in [0.25, 0.3) is 0 Å². The number of aromatic nitrogens is 2. The van der Waals surface area contributed by atoms with E-state index in [9.17, 15) is 0 Å². The fraction of sp³-hybridized carbons (Fsp3) is 0.750. The van der Waals surface area contributed by atoms with Gasteiger partial charge in [0, 0.05) is 37.9 Å². The molecule has 0 aromatic carbocycles. The van der Waals surface area contributed by atoms with Crippen LogP contribution in [-0.2, 0) is 11.3 Å². The van der Waals surface area contributed by atoms with Gasteiger partial charge in [-0.05, 0) is 18.9 Å². The summed E-state index contributed by atoms with van der Waals surface area (Å²) in [5.74, 6) is 0.597. The van der Waals surface area contributed by atoms with Crippen molar-refractivity contribution in [2.45, 2.75) is 25.5 Å². The van der Waals surface area contributed by atoms with Gasteiger partial charge in [-0.25, -0.2) is 0 Å². The number of hydrogen-bond donors (Lipinski definition) is 0. The highest BCUT2D eigenvalue weighted by Gasteiger charge is 2.18. The third-order valence-corrected chi connectivity index (χ3v) is 3.32. The van der Waals surface area contributed by atoms with Crippen LogP contribution in [0.1, 0.15) is 12.8 Å². The van der Waals surface area contributed by atoms with Gasteiger partial charge in [0.15, 0.2) is 0 Å². The minimum absolute atomic E-state index is 0.412. The topological polar surface area (TPSA) is 30.3 Å². The standard InChI is InChI=1S/C12H20ClN3O/c13-4-11-17-12-2-7-15(8-3-12)9-10-16-6-1-5-14-16/h1,5-6,12H,2-4,7-11H2. The highest BCUT2D eigenvalue weighted by atomic mass is 35.5. The van der Waals surface area contributed by atoms with Crippen molar-refractivity contribution in [3.8, 4) is 0 Å². The maximum absolute atomic E-state index is 5.65. The second kappa shape index (κ2) is 6.99. The van der Waals surface area contributed by atoms with Crippen molar-refractivity contribution in [1.29, 1.82) is 0 Å². The van der Waals surface area contributed by atoms with Crippen LogP contribution in [0, 0.1) is 0 Å². The molecule has 0 bridgehead atoms. The number of nitrogens with zero attached hydrogens (tertiary/aromatic N) is 3. The number of piperidine rings is 1. The van der Waals surface area contributed by atoms with Crippen molar-refractivity contribution in [2.24, 2.45) is 0 Å². The van der Waals surface area contributed by atoms with Gasteiger partial charge >= 0.3 is 0 Å². The predicted molar refractivity (Wildman–Crippen MR) is 68.4 cm³/mol. The monoisotopic (exact) mass is 257 g/mol. The first-order chi connectivity index (χ1) is 8.38. The summed E-state index contributed by atoms with van der Waals surface area (Å²) in [6, 6.07) is 1.96. The zero-order chi connectivity index (χ0) is 11.9. The Morgan fingerprint density at radius 1 is 1.29 bits per heavy atom. The van der Waals surface area contributed by atoms with E-state index < -0.39 is 0 Å². The van der Waals surface area contributed by atoms with Crippen LogP contribution in [0.25, 0.3) is 0 Å². The van der Waals surface area contributed by atoms with Crippen LogP contribution in [-0.4, -0.2) is 52.9 Å². The molecule has 1 aliphatic heterocycles. The Kier molecular flexibility index (Phi) is 5.29. The number of rotatable bonds is 6. The largest absolute Gasteiger partial charge is 0.377 e. The van der Waals surface area contributed by atoms with Crippen molar-refractivity contribution in [3.05, 3.63) is 18.5 Å². The molecule has 1 aliphatic rings. The van der Waals surface area contributed by atoms with Crippen molar-refractivity contribution in [3.63, 3.8) is 0 Å². The van der Waals surface area contributed by atoms with Gasteiger partial charge in [-0.1, -0.05) is 0 Å². The summed E-state index contributed by atoms with van der Waals surface area (Å²) in [6.45, 7) is 4.96. The zero-order valence-electron chi connectivity index (χ0n) is 10.1. The van der Waals surface area contributed by atoms with Crippen LogP contribution in [0.4, 0.5) is 0 Å². The number of likely N-dealkylation sites (tertiary alicyclic amines) is 1. The van der Waals surface area contributed by atoms with Crippen LogP contribution < -0.4 is 0 Å². The van der Waals surface area contributed by atoms with Gasteiger partial charge in [0.2, 0.25) is 0 Å². The molecule has 0 saturated carbocycles.